The number of carbonyl (C=O) groups is 1. The fourth-order valence-corrected chi connectivity index (χ4v) is 4.10. The van der Waals surface area contributed by atoms with E-state index in [0.29, 0.717) is 4.88 Å². The number of carboxylic acid groups (broad SMARTS) is 1. The molecule has 0 aliphatic carbocycles. The highest BCUT2D eigenvalue weighted by atomic mass is 79.9. The van der Waals surface area contributed by atoms with Crippen LogP contribution in [0.25, 0.3) is 0 Å². The van der Waals surface area contributed by atoms with Gasteiger partial charge in [0, 0.05) is 25.7 Å². The highest BCUT2D eigenvalue weighted by Crippen LogP contribution is 2.33. The van der Waals surface area contributed by atoms with Crippen molar-refractivity contribution in [2.75, 3.05) is 5.73 Å². The Kier molecular flexibility index (Phi) is 4.54. The second-order valence-corrected chi connectivity index (χ2v) is 7.16. The average molecular weight is 358 g/mol. The van der Waals surface area contributed by atoms with Gasteiger partial charge in [-0.3, -0.25) is 0 Å². The number of thiophene rings is 1. The maximum atomic E-state index is 10.9. The first kappa shape index (κ1) is 14.4. The normalized spacial score (nSPS) is 10.6. The summed E-state index contributed by atoms with van der Waals surface area (Å²) in [5.41, 5.74) is 7.70. The number of anilines is 1. The van der Waals surface area contributed by atoms with E-state index < -0.39 is 5.97 Å². The smallest absolute Gasteiger partial charge is 0.345 e. The number of rotatable bonds is 4. The lowest BCUT2D eigenvalue weighted by Gasteiger charge is -2.05. The number of aromatic carboxylic acids is 1. The van der Waals surface area contributed by atoms with Crippen molar-refractivity contribution in [2.45, 2.75) is 17.6 Å². The molecule has 0 spiro atoms. The first-order valence-electron chi connectivity index (χ1n) is 5.48. The van der Waals surface area contributed by atoms with Crippen LogP contribution in [0.5, 0.6) is 0 Å². The number of benzene rings is 1. The van der Waals surface area contributed by atoms with Gasteiger partial charge in [-0.15, -0.1) is 23.1 Å². The molecule has 0 aliphatic rings. The molecule has 100 valence electrons. The zero-order chi connectivity index (χ0) is 14.0. The van der Waals surface area contributed by atoms with Crippen molar-refractivity contribution in [3.05, 3.63) is 44.1 Å². The Morgan fingerprint density at radius 1 is 1.47 bits per heavy atom. The third-order valence-corrected chi connectivity index (χ3v) is 5.28. The molecule has 1 heterocycles. The van der Waals surface area contributed by atoms with E-state index in [0.717, 1.165) is 31.2 Å². The van der Waals surface area contributed by atoms with E-state index in [9.17, 15) is 4.79 Å². The van der Waals surface area contributed by atoms with Gasteiger partial charge in [-0.2, -0.15) is 0 Å². The Balaban J connectivity index is 2.14. The molecule has 1 aromatic heterocycles. The van der Waals surface area contributed by atoms with E-state index in [1.54, 1.807) is 17.8 Å². The van der Waals surface area contributed by atoms with E-state index in [-0.39, 0.29) is 0 Å². The summed E-state index contributed by atoms with van der Waals surface area (Å²) in [6, 6.07) is 7.47. The van der Waals surface area contributed by atoms with Crippen LogP contribution in [0, 0.1) is 6.92 Å². The second kappa shape index (κ2) is 5.98. The van der Waals surface area contributed by atoms with Crippen molar-refractivity contribution in [3.8, 4) is 0 Å². The van der Waals surface area contributed by atoms with Crippen LogP contribution in [0.3, 0.4) is 0 Å². The minimum Gasteiger partial charge on any atom is -0.477 e. The number of hydrogen-bond acceptors (Lipinski definition) is 4. The topological polar surface area (TPSA) is 63.3 Å². The Morgan fingerprint density at radius 3 is 2.84 bits per heavy atom. The van der Waals surface area contributed by atoms with E-state index in [2.05, 4.69) is 15.9 Å². The molecule has 0 radical (unpaired) electrons. The van der Waals surface area contributed by atoms with Gasteiger partial charge >= 0.3 is 5.97 Å². The predicted octanol–water partition coefficient (Wildman–Crippen LogP) is 4.39. The fraction of sp³-hybridized carbons (Fsp3) is 0.154. The van der Waals surface area contributed by atoms with Gasteiger partial charge in [0.15, 0.2) is 0 Å². The number of thioether (sulfide) groups is 1. The minimum absolute atomic E-state index is 0.385. The lowest BCUT2D eigenvalue weighted by Crippen LogP contribution is -1.91. The van der Waals surface area contributed by atoms with Gasteiger partial charge in [0.2, 0.25) is 0 Å². The third-order valence-electron chi connectivity index (χ3n) is 2.59. The molecule has 1 aromatic carbocycles. The van der Waals surface area contributed by atoms with Crippen LogP contribution in [0.15, 0.2) is 33.6 Å². The summed E-state index contributed by atoms with van der Waals surface area (Å²) in [6.45, 7) is 1.94. The molecule has 0 aliphatic heterocycles. The molecular weight excluding hydrogens is 346 g/mol. The quantitative estimate of drug-likeness (QED) is 0.628. The zero-order valence-electron chi connectivity index (χ0n) is 10.1. The lowest BCUT2D eigenvalue weighted by molar-refractivity contribution is 0.0702. The van der Waals surface area contributed by atoms with Crippen molar-refractivity contribution in [2.24, 2.45) is 0 Å². The molecule has 0 amide bonds. The molecule has 6 heteroatoms. The van der Waals surface area contributed by atoms with Crippen LogP contribution in [0.2, 0.25) is 0 Å². The van der Waals surface area contributed by atoms with Gasteiger partial charge in [-0.25, -0.2) is 4.79 Å². The lowest BCUT2D eigenvalue weighted by atomic mass is 10.3. The van der Waals surface area contributed by atoms with E-state index >= 15 is 0 Å². The molecule has 0 atom stereocenters. The zero-order valence-corrected chi connectivity index (χ0v) is 13.4. The van der Waals surface area contributed by atoms with Crippen molar-refractivity contribution in [1.29, 1.82) is 0 Å². The van der Waals surface area contributed by atoms with Crippen molar-refractivity contribution in [3.63, 3.8) is 0 Å². The van der Waals surface area contributed by atoms with Crippen LogP contribution >= 0.6 is 39.0 Å². The summed E-state index contributed by atoms with van der Waals surface area (Å²) in [7, 11) is 0. The Morgan fingerprint density at radius 2 is 2.21 bits per heavy atom. The maximum absolute atomic E-state index is 10.9. The molecule has 0 fully saturated rings. The highest BCUT2D eigenvalue weighted by Gasteiger charge is 2.11. The van der Waals surface area contributed by atoms with Gasteiger partial charge in [0.05, 0.1) is 0 Å². The van der Waals surface area contributed by atoms with Gasteiger partial charge < -0.3 is 10.8 Å². The number of aryl methyl sites for hydroxylation is 1. The van der Waals surface area contributed by atoms with Crippen molar-refractivity contribution < 1.29 is 9.90 Å². The molecule has 19 heavy (non-hydrogen) atoms. The second-order valence-electron chi connectivity index (χ2n) is 3.97. The summed E-state index contributed by atoms with van der Waals surface area (Å²) in [5.74, 6) is -0.151. The molecule has 2 aromatic rings. The average Bonchev–Trinajstić information content (AvgIpc) is 2.72. The Labute approximate surface area is 128 Å². The summed E-state index contributed by atoms with van der Waals surface area (Å²) < 4.78 is 0.984. The minimum atomic E-state index is -0.869. The SMILES string of the molecule is Cc1sc(C(=O)O)cc1CSc1cc(Br)ccc1N. The van der Waals surface area contributed by atoms with Gasteiger partial charge in [0.25, 0.3) is 0 Å². The maximum Gasteiger partial charge on any atom is 0.345 e. The first-order valence-corrected chi connectivity index (χ1v) is 8.07. The summed E-state index contributed by atoms with van der Waals surface area (Å²) in [6.07, 6.45) is 0. The molecule has 0 bridgehead atoms. The van der Waals surface area contributed by atoms with Gasteiger partial charge in [-0.05, 0) is 36.8 Å². The number of nitrogens with two attached hydrogens (primary N) is 1. The molecule has 2 rings (SSSR count). The van der Waals surface area contributed by atoms with E-state index in [1.807, 2.05) is 25.1 Å². The van der Waals surface area contributed by atoms with Crippen molar-refractivity contribution in [1.82, 2.24) is 0 Å². The van der Waals surface area contributed by atoms with Gasteiger partial charge in [-0.1, -0.05) is 15.9 Å². The largest absolute Gasteiger partial charge is 0.477 e. The van der Waals surface area contributed by atoms with E-state index in [4.69, 9.17) is 10.8 Å². The number of hydrogen-bond donors (Lipinski definition) is 2. The number of halogens is 1. The first-order chi connectivity index (χ1) is 8.97. The Hall–Kier alpha value is -0.980. The molecule has 0 saturated carbocycles. The Bertz CT molecular complexity index is 625. The summed E-state index contributed by atoms with van der Waals surface area (Å²) >= 11 is 6.34. The van der Waals surface area contributed by atoms with Crippen LogP contribution in [-0.2, 0) is 5.75 Å². The molecule has 0 unspecified atom stereocenters. The van der Waals surface area contributed by atoms with E-state index in [1.165, 1.54) is 11.3 Å². The number of nitrogen functional groups attached to an aromatic ring is 1. The molecular formula is C13H12BrNO2S2. The standard InChI is InChI=1S/C13H12BrNO2S2/c1-7-8(4-12(19-7)13(16)17)6-18-11-5-9(14)2-3-10(11)15/h2-5H,6,15H2,1H3,(H,16,17). The molecule has 3 nitrogen and oxygen atoms in total. The van der Waals surface area contributed by atoms with Gasteiger partial charge in [0.1, 0.15) is 4.88 Å². The van der Waals surface area contributed by atoms with Crippen LogP contribution < -0.4 is 5.73 Å². The predicted molar refractivity (Wildman–Crippen MR) is 84.1 cm³/mol. The monoisotopic (exact) mass is 357 g/mol. The third kappa shape index (κ3) is 3.52. The molecule has 3 N–H and O–H groups in total. The summed E-state index contributed by atoms with van der Waals surface area (Å²) in [5, 5.41) is 8.97. The van der Waals surface area contributed by atoms with Crippen LogP contribution in [0.1, 0.15) is 20.1 Å². The van der Waals surface area contributed by atoms with Crippen LogP contribution in [-0.4, -0.2) is 11.1 Å². The van der Waals surface area contributed by atoms with Crippen LogP contribution in [0.4, 0.5) is 5.69 Å². The number of carboxylic acids is 1. The fourth-order valence-electron chi connectivity index (χ4n) is 1.56. The summed E-state index contributed by atoms with van der Waals surface area (Å²) in [4.78, 5) is 13.3. The highest BCUT2D eigenvalue weighted by molar-refractivity contribution is 9.10. The van der Waals surface area contributed by atoms with Crippen molar-refractivity contribution >= 4 is 50.7 Å². The molecule has 0 saturated heterocycles.